The quantitative estimate of drug-likeness (QED) is 0.587. The number of benzene rings is 2. The molecule has 0 saturated heterocycles. The average Bonchev–Trinajstić information content (AvgIpc) is 2.53. The minimum Gasteiger partial charge on any atom is -0.488 e. The zero-order valence-electron chi connectivity index (χ0n) is 13.5. The van der Waals surface area contributed by atoms with Gasteiger partial charge in [-0.3, -0.25) is 4.79 Å². The summed E-state index contributed by atoms with van der Waals surface area (Å²) in [5, 5.41) is 13.4. The van der Waals surface area contributed by atoms with Gasteiger partial charge in [-0.1, -0.05) is 40.2 Å². The Bertz CT molecular complexity index is 739. The van der Waals surface area contributed by atoms with E-state index >= 15 is 0 Å². The molecule has 1 amide bonds. The molecule has 6 heteroatoms. The molecule has 126 valence electrons. The van der Waals surface area contributed by atoms with Crippen molar-refractivity contribution >= 4 is 28.1 Å². The van der Waals surface area contributed by atoms with Crippen LogP contribution < -0.4 is 10.2 Å². The van der Waals surface area contributed by atoms with Crippen molar-refractivity contribution in [1.82, 2.24) is 5.43 Å². The first kappa shape index (κ1) is 18.2. The van der Waals surface area contributed by atoms with Crippen molar-refractivity contribution in [3.05, 3.63) is 64.1 Å². The summed E-state index contributed by atoms with van der Waals surface area (Å²) in [6.07, 6.45) is 1.49. The first-order valence-corrected chi connectivity index (χ1v) is 8.18. The first-order valence-electron chi connectivity index (χ1n) is 7.38. The summed E-state index contributed by atoms with van der Waals surface area (Å²) in [4.78, 5) is 11.6. The maximum atomic E-state index is 11.6. The van der Waals surface area contributed by atoms with E-state index < -0.39 is 11.5 Å². The Morgan fingerprint density at radius 2 is 2.04 bits per heavy atom. The van der Waals surface area contributed by atoms with Crippen LogP contribution in [0.3, 0.4) is 0 Å². The van der Waals surface area contributed by atoms with E-state index in [-0.39, 0.29) is 0 Å². The molecule has 0 aliphatic carbocycles. The minimum absolute atomic E-state index is 0.417. The predicted molar refractivity (Wildman–Crippen MR) is 97.0 cm³/mol. The van der Waals surface area contributed by atoms with Crippen LogP contribution in [0, 0.1) is 0 Å². The molecular weight excluding hydrogens is 372 g/mol. The van der Waals surface area contributed by atoms with E-state index in [9.17, 15) is 9.90 Å². The van der Waals surface area contributed by atoms with Gasteiger partial charge in [-0.2, -0.15) is 5.10 Å². The lowest BCUT2D eigenvalue weighted by atomic mass is 10.1. The molecule has 0 fully saturated rings. The second-order valence-corrected chi connectivity index (χ2v) is 6.63. The van der Waals surface area contributed by atoms with E-state index in [0.717, 1.165) is 15.6 Å². The summed E-state index contributed by atoms with van der Waals surface area (Å²) in [7, 11) is 0. The second kappa shape index (κ2) is 8.08. The molecule has 0 atom stereocenters. The highest BCUT2D eigenvalue weighted by Crippen LogP contribution is 2.19. The summed E-state index contributed by atoms with van der Waals surface area (Å²) in [5.41, 5.74) is 2.58. The maximum Gasteiger partial charge on any atom is 0.271 e. The van der Waals surface area contributed by atoms with E-state index in [4.69, 9.17) is 4.74 Å². The summed E-state index contributed by atoms with van der Waals surface area (Å²) in [6.45, 7) is 3.21. The van der Waals surface area contributed by atoms with E-state index in [1.165, 1.54) is 20.1 Å². The fourth-order valence-corrected chi connectivity index (χ4v) is 2.25. The van der Waals surface area contributed by atoms with Crippen molar-refractivity contribution in [1.29, 1.82) is 0 Å². The molecule has 24 heavy (non-hydrogen) atoms. The summed E-state index contributed by atoms with van der Waals surface area (Å²) in [5.74, 6) is 0.0741. The van der Waals surface area contributed by atoms with Gasteiger partial charge in [0.15, 0.2) is 0 Å². The largest absolute Gasteiger partial charge is 0.488 e. The normalized spacial score (nSPS) is 11.5. The lowest BCUT2D eigenvalue weighted by Crippen LogP contribution is -2.39. The third-order valence-corrected chi connectivity index (χ3v) is 3.62. The Hall–Kier alpha value is -2.18. The van der Waals surface area contributed by atoms with Gasteiger partial charge in [0, 0.05) is 10.0 Å². The van der Waals surface area contributed by atoms with Crippen molar-refractivity contribution in [2.75, 3.05) is 0 Å². The van der Waals surface area contributed by atoms with Crippen LogP contribution in [-0.4, -0.2) is 22.8 Å². The van der Waals surface area contributed by atoms with Gasteiger partial charge in [0.25, 0.3) is 5.91 Å². The fourth-order valence-electron chi connectivity index (χ4n) is 1.80. The number of halogens is 1. The summed E-state index contributed by atoms with van der Waals surface area (Å²) < 4.78 is 6.82. The standard InChI is InChI=1S/C18H19BrN2O3/c1-18(2,23)17(22)21-20-11-14-7-3-4-9-16(14)24-12-13-6-5-8-15(19)10-13/h3-11,23H,12H2,1-2H3,(H,21,22)/b20-11+. The fraction of sp³-hybridized carbons (Fsp3) is 0.222. The van der Waals surface area contributed by atoms with Gasteiger partial charge in [0.1, 0.15) is 18.0 Å². The van der Waals surface area contributed by atoms with Crippen molar-refractivity contribution in [2.24, 2.45) is 5.10 Å². The maximum absolute atomic E-state index is 11.6. The van der Waals surface area contributed by atoms with Crippen LogP contribution >= 0.6 is 15.9 Å². The van der Waals surface area contributed by atoms with E-state index in [0.29, 0.717) is 12.4 Å². The first-order chi connectivity index (χ1) is 11.4. The van der Waals surface area contributed by atoms with Crippen LogP contribution in [0.5, 0.6) is 5.75 Å². The number of aliphatic hydroxyl groups is 1. The number of hydrogen-bond acceptors (Lipinski definition) is 4. The van der Waals surface area contributed by atoms with Gasteiger partial charge in [-0.25, -0.2) is 5.43 Å². The molecule has 0 saturated carbocycles. The van der Waals surface area contributed by atoms with Crippen molar-refractivity contribution in [3.63, 3.8) is 0 Å². The van der Waals surface area contributed by atoms with Crippen molar-refractivity contribution in [3.8, 4) is 5.75 Å². The monoisotopic (exact) mass is 390 g/mol. The number of ether oxygens (including phenoxy) is 1. The van der Waals surface area contributed by atoms with Crippen molar-refractivity contribution in [2.45, 2.75) is 26.1 Å². The number of para-hydroxylation sites is 1. The second-order valence-electron chi connectivity index (χ2n) is 5.71. The van der Waals surface area contributed by atoms with E-state index in [2.05, 4.69) is 26.5 Å². The van der Waals surface area contributed by atoms with Crippen molar-refractivity contribution < 1.29 is 14.6 Å². The molecule has 2 aromatic carbocycles. The number of hydrazone groups is 1. The van der Waals surface area contributed by atoms with Gasteiger partial charge in [-0.05, 0) is 43.7 Å². The van der Waals surface area contributed by atoms with Crippen LogP contribution in [0.1, 0.15) is 25.0 Å². The number of amides is 1. The van der Waals surface area contributed by atoms with Crippen LogP contribution in [0.2, 0.25) is 0 Å². The van der Waals surface area contributed by atoms with Gasteiger partial charge < -0.3 is 9.84 Å². The zero-order valence-corrected chi connectivity index (χ0v) is 15.1. The third kappa shape index (κ3) is 5.47. The number of rotatable bonds is 6. The lowest BCUT2D eigenvalue weighted by molar-refractivity contribution is -0.136. The number of hydrogen-bond donors (Lipinski definition) is 2. The van der Waals surface area contributed by atoms with Crippen LogP contribution in [-0.2, 0) is 11.4 Å². The topological polar surface area (TPSA) is 70.9 Å². The Kier molecular flexibility index (Phi) is 6.11. The molecule has 2 aromatic rings. The molecule has 5 nitrogen and oxygen atoms in total. The molecule has 0 heterocycles. The molecule has 0 bridgehead atoms. The van der Waals surface area contributed by atoms with Crippen LogP contribution in [0.4, 0.5) is 0 Å². The highest BCUT2D eigenvalue weighted by molar-refractivity contribution is 9.10. The Labute approximate surface area is 149 Å². The summed E-state index contributed by atoms with van der Waals surface area (Å²) in [6, 6.07) is 15.2. The predicted octanol–water partition coefficient (Wildman–Crippen LogP) is 3.25. The Morgan fingerprint density at radius 1 is 1.29 bits per heavy atom. The number of nitrogens with zero attached hydrogens (tertiary/aromatic N) is 1. The molecule has 0 radical (unpaired) electrons. The SMILES string of the molecule is CC(C)(O)C(=O)N/N=C/c1ccccc1OCc1cccc(Br)c1. The molecular formula is C18H19BrN2O3. The third-order valence-electron chi connectivity index (χ3n) is 3.13. The molecule has 0 aliphatic heterocycles. The molecule has 0 spiro atoms. The number of carbonyl (C=O) groups excluding carboxylic acids is 1. The van der Waals surface area contributed by atoms with Crippen LogP contribution in [0.15, 0.2) is 58.1 Å². The minimum atomic E-state index is -1.48. The molecule has 0 aliphatic rings. The van der Waals surface area contributed by atoms with Gasteiger partial charge >= 0.3 is 0 Å². The molecule has 0 aromatic heterocycles. The Balaban J connectivity index is 2.03. The van der Waals surface area contributed by atoms with E-state index in [1.54, 1.807) is 0 Å². The smallest absolute Gasteiger partial charge is 0.271 e. The summed E-state index contributed by atoms with van der Waals surface area (Å²) >= 11 is 3.43. The van der Waals surface area contributed by atoms with Gasteiger partial charge in [-0.15, -0.1) is 0 Å². The highest BCUT2D eigenvalue weighted by Gasteiger charge is 2.22. The molecule has 2 rings (SSSR count). The zero-order chi connectivity index (χ0) is 17.6. The molecule has 0 unspecified atom stereocenters. The number of carbonyl (C=O) groups is 1. The van der Waals surface area contributed by atoms with Crippen LogP contribution in [0.25, 0.3) is 0 Å². The van der Waals surface area contributed by atoms with E-state index in [1.807, 2.05) is 48.5 Å². The van der Waals surface area contributed by atoms with Gasteiger partial charge in [0.05, 0.1) is 6.21 Å². The number of nitrogens with one attached hydrogen (secondary N) is 1. The average molecular weight is 391 g/mol. The van der Waals surface area contributed by atoms with Gasteiger partial charge in [0.2, 0.25) is 0 Å². The molecule has 2 N–H and O–H groups in total. The lowest BCUT2D eigenvalue weighted by Gasteiger charge is -2.13. The Morgan fingerprint density at radius 3 is 2.75 bits per heavy atom. The highest BCUT2D eigenvalue weighted by atomic mass is 79.9.